The Hall–Kier alpha value is -1.37. The van der Waals surface area contributed by atoms with Gasteiger partial charge >= 0.3 is 0 Å². The maximum absolute atomic E-state index is 5.96. The number of aryl methyl sites for hydroxylation is 1. The molecule has 2 nitrogen and oxygen atoms in total. The molecule has 3 heteroatoms. The Bertz CT molecular complexity index is 615. The lowest BCUT2D eigenvalue weighted by Crippen LogP contribution is -2.20. The second-order valence-corrected chi connectivity index (χ2v) is 7.85. The molecule has 0 N–H and O–H groups in total. The van der Waals surface area contributed by atoms with Gasteiger partial charge in [-0.15, -0.1) is 0 Å². The van der Waals surface area contributed by atoms with Gasteiger partial charge in [-0.3, -0.25) is 0 Å². The van der Waals surface area contributed by atoms with Crippen LogP contribution in [-0.4, -0.2) is 13.9 Å². The quantitative estimate of drug-likeness (QED) is 0.615. The fraction of sp³-hybridized carbons (Fsp3) is 0.368. The van der Waals surface area contributed by atoms with Crippen molar-refractivity contribution in [2.75, 3.05) is 13.9 Å². The molecule has 0 aliphatic heterocycles. The van der Waals surface area contributed by atoms with Gasteiger partial charge in [-0.05, 0) is 29.3 Å². The summed E-state index contributed by atoms with van der Waals surface area (Å²) in [5.41, 5.74) is 2.54. The average molecular weight is 316 g/mol. The molecule has 1 atom stereocenters. The van der Waals surface area contributed by atoms with Gasteiger partial charge < -0.3 is 9.47 Å². The first-order valence-electron chi connectivity index (χ1n) is 7.51. The van der Waals surface area contributed by atoms with E-state index in [2.05, 4.69) is 64.1 Å². The summed E-state index contributed by atoms with van der Waals surface area (Å²) in [4.78, 5) is 0. The molecule has 1 unspecified atom stereocenters. The SMILES string of the molecule is COCOc1c(Pc2ccccc2)cc(C)cc1C(C)(C)C. The molecule has 0 aromatic heterocycles. The third-order valence-corrected chi connectivity index (χ3v) is 4.68. The van der Waals surface area contributed by atoms with Gasteiger partial charge in [-0.1, -0.05) is 65.8 Å². The van der Waals surface area contributed by atoms with Gasteiger partial charge in [0.25, 0.3) is 0 Å². The summed E-state index contributed by atoms with van der Waals surface area (Å²) in [6, 6.07) is 15.0. The molecule has 0 aliphatic carbocycles. The van der Waals surface area contributed by atoms with E-state index in [1.807, 2.05) is 6.07 Å². The molecule has 2 aromatic carbocycles. The van der Waals surface area contributed by atoms with E-state index < -0.39 is 0 Å². The zero-order valence-electron chi connectivity index (χ0n) is 14.1. The number of rotatable bonds is 5. The molecule has 0 saturated heterocycles. The third-order valence-electron chi connectivity index (χ3n) is 3.42. The number of ether oxygens (including phenoxy) is 2. The first-order valence-corrected chi connectivity index (χ1v) is 8.51. The summed E-state index contributed by atoms with van der Waals surface area (Å²) in [6.45, 7) is 9.08. The van der Waals surface area contributed by atoms with E-state index in [0.717, 1.165) is 5.75 Å². The van der Waals surface area contributed by atoms with Crippen LogP contribution in [0.3, 0.4) is 0 Å². The summed E-state index contributed by atoms with van der Waals surface area (Å²) < 4.78 is 11.1. The van der Waals surface area contributed by atoms with Crippen LogP contribution >= 0.6 is 8.58 Å². The largest absolute Gasteiger partial charge is 0.467 e. The Morgan fingerprint density at radius 3 is 2.32 bits per heavy atom. The lowest BCUT2D eigenvalue weighted by atomic mass is 9.85. The maximum Gasteiger partial charge on any atom is 0.188 e. The molecule has 2 rings (SSSR count). The first kappa shape index (κ1) is 17.0. The highest BCUT2D eigenvalue weighted by atomic mass is 31.1. The second kappa shape index (κ2) is 7.26. The molecule has 118 valence electrons. The van der Waals surface area contributed by atoms with E-state index in [-0.39, 0.29) is 12.2 Å². The Morgan fingerprint density at radius 2 is 1.73 bits per heavy atom. The second-order valence-electron chi connectivity index (χ2n) is 6.48. The Balaban J connectivity index is 2.48. The molecular formula is C19H25O2P. The molecule has 22 heavy (non-hydrogen) atoms. The zero-order valence-corrected chi connectivity index (χ0v) is 15.1. The van der Waals surface area contributed by atoms with Crippen molar-refractivity contribution >= 4 is 19.2 Å². The molecule has 0 saturated carbocycles. The van der Waals surface area contributed by atoms with Crippen LogP contribution < -0.4 is 15.3 Å². The van der Waals surface area contributed by atoms with Crippen molar-refractivity contribution in [3.63, 3.8) is 0 Å². The predicted molar refractivity (Wildman–Crippen MR) is 96.4 cm³/mol. The molecular weight excluding hydrogens is 291 g/mol. The van der Waals surface area contributed by atoms with E-state index in [1.165, 1.54) is 21.7 Å². The minimum atomic E-state index is 0.0328. The van der Waals surface area contributed by atoms with E-state index in [1.54, 1.807) is 7.11 Å². The summed E-state index contributed by atoms with van der Waals surface area (Å²) in [5, 5.41) is 2.56. The standard InChI is InChI=1S/C19H25O2P/c1-14-11-16(19(2,3)4)18(21-13-20-5)17(12-14)22-15-9-7-6-8-10-15/h6-12,22H,13H2,1-5H3. The van der Waals surface area contributed by atoms with Gasteiger partial charge in [0.2, 0.25) is 0 Å². The number of hydrogen-bond donors (Lipinski definition) is 0. The fourth-order valence-electron chi connectivity index (χ4n) is 2.37. The highest BCUT2D eigenvalue weighted by Crippen LogP contribution is 2.34. The Morgan fingerprint density at radius 1 is 1.05 bits per heavy atom. The van der Waals surface area contributed by atoms with Crippen molar-refractivity contribution in [3.05, 3.63) is 53.6 Å². The molecule has 2 aromatic rings. The fourth-order valence-corrected chi connectivity index (χ4v) is 3.66. The average Bonchev–Trinajstić information content (AvgIpc) is 2.46. The van der Waals surface area contributed by atoms with Gasteiger partial charge in [0.05, 0.1) is 0 Å². The smallest absolute Gasteiger partial charge is 0.188 e. The number of methoxy groups -OCH3 is 1. The Kier molecular flexibility index (Phi) is 5.61. The highest BCUT2D eigenvalue weighted by molar-refractivity contribution is 7.55. The van der Waals surface area contributed by atoms with Crippen LogP contribution in [-0.2, 0) is 10.2 Å². The summed E-state index contributed by atoms with van der Waals surface area (Å²) in [6.07, 6.45) is 0. The predicted octanol–water partition coefficient (Wildman–Crippen LogP) is 3.90. The van der Waals surface area contributed by atoms with Crippen molar-refractivity contribution in [2.45, 2.75) is 33.1 Å². The first-order chi connectivity index (χ1) is 10.4. The van der Waals surface area contributed by atoms with E-state index in [4.69, 9.17) is 9.47 Å². The van der Waals surface area contributed by atoms with Crippen molar-refractivity contribution < 1.29 is 9.47 Å². The number of benzene rings is 2. The molecule has 0 fully saturated rings. The van der Waals surface area contributed by atoms with Crippen LogP contribution in [0.15, 0.2) is 42.5 Å². The third kappa shape index (κ3) is 4.32. The summed E-state index contributed by atoms with van der Waals surface area (Å²) in [7, 11) is 2.23. The Labute approximate surface area is 135 Å². The van der Waals surface area contributed by atoms with Gasteiger partial charge in [0, 0.05) is 18.0 Å². The summed E-state index contributed by atoms with van der Waals surface area (Å²) >= 11 is 0. The molecule has 0 amide bonds. The molecule has 0 radical (unpaired) electrons. The van der Waals surface area contributed by atoms with Crippen LogP contribution in [0.2, 0.25) is 0 Å². The number of hydrogen-bond acceptors (Lipinski definition) is 2. The minimum absolute atomic E-state index is 0.0328. The van der Waals surface area contributed by atoms with E-state index >= 15 is 0 Å². The van der Waals surface area contributed by atoms with Crippen LogP contribution in [0.1, 0.15) is 31.9 Å². The van der Waals surface area contributed by atoms with Crippen molar-refractivity contribution in [3.8, 4) is 5.75 Å². The van der Waals surface area contributed by atoms with Crippen molar-refractivity contribution in [2.24, 2.45) is 0 Å². The van der Waals surface area contributed by atoms with E-state index in [0.29, 0.717) is 8.58 Å². The minimum Gasteiger partial charge on any atom is -0.467 e. The normalized spacial score (nSPS) is 12.0. The molecule has 0 bridgehead atoms. The van der Waals surface area contributed by atoms with Crippen LogP contribution in [0.5, 0.6) is 5.75 Å². The van der Waals surface area contributed by atoms with Gasteiger partial charge in [0.15, 0.2) is 6.79 Å². The maximum atomic E-state index is 5.96. The van der Waals surface area contributed by atoms with Crippen molar-refractivity contribution in [1.29, 1.82) is 0 Å². The summed E-state index contributed by atoms with van der Waals surface area (Å²) in [5.74, 6) is 0.974. The van der Waals surface area contributed by atoms with Crippen LogP contribution in [0.25, 0.3) is 0 Å². The monoisotopic (exact) mass is 316 g/mol. The molecule has 0 heterocycles. The van der Waals surface area contributed by atoms with Gasteiger partial charge in [-0.2, -0.15) is 0 Å². The van der Waals surface area contributed by atoms with Gasteiger partial charge in [0.1, 0.15) is 5.75 Å². The van der Waals surface area contributed by atoms with Crippen molar-refractivity contribution in [1.82, 2.24) is 0 Å². The van der Waals surface area contributed by atoms with Crippen LogP contribution in [0.4, 0.5) is 0 Å². The van der Waals surface area contributed by atoms with Gasteiger partial charge in [-0.25, -0.2) is 0 Å². The lowest BCUT2D eigenvalue weighted by Gasteiger charge is -2.25. The van der Waals surface area contributed by atoms with Crippen LogP contribution in [0, 0.1) is 6.92 Å². The lowest BCUT2D eigenvalue weighted by molar-refractivity contribution is 0.0506. The molecule has 0 aliphatic rings. The topological polar surface area (TPSA) is 18.5 Å². The zero-order chi connectivity index (χ0) is 16.2. The highest BCUT2D eigenvalue weighted by Gasteiger charge is 2.22. The van der Waals surface area contributed by atoms with E-state index in [9.17, 15) is 0 Å². The molecule has 0 spiro atoms.